The van der Waals surface area contributed by atoms with E-state index in [0.717, 1.165) is 25.7 Å². The number of rotatable bonds is 5. The molecule has 1 aromatic rings. The van der Waals surface area contributed by atoms with Crippen molar-refractivity contribution in [2.75, 3.05) is 20.6 Å². The molecule has 1 aliphatic rings. The lowest BCUT2D eigenvalue weighted by atomic mass is 9.84. The van der Waals surface area contributed by atoms with Crippen molar-refractivity contribution in [3.05, 3.63) is 35.4 Å². The van der Waals surface area contributed by atoms with Gasteiger partial charge in [-0.3, -0.25) is 9.59 Å². The zero-order valence-corrected chi connectivity index (χ0v) is 13.5. The highest BCUT2D eigenvalue weighted by Crippen LogP contribution is 2.38. The lowest BCUT2D eigenvalue weighted by Crippen LogP contribution is -2.46. The fraction of sp³-hybridized carbons (Fsp3) is 0.471. The van der Waals surface area contributed by atoms with Crippen LogP contribution in [0.25, 0.3) is 0 Å². The first-order valence-corrected chi connectivity index (χ1v) is 7.69. The Labute approximate surface area is 135 Å². The summed E-state index contributed by atoms with van der Waals surface area (Å²) in [4.78, 5) is 37.3. The average Bonchev–Trinajstić information content (AvgIpc) is 3.01. The van der Waals surface area contributed by atoms with Crippen LogP contribution in [0.15, 0.2) is 24.3 Å². The normalized spacial score (nSPS) is 15.9. The van der Waals surface area contributed by atoms with Crippen LogP contribution in [0.1, 0.15) is 46.4 Å². The highest BCUT2D eigenvalue weighted by Gasteiger charge is 2.42. The van der Waals surface area contributed by atoms with Crippen molar-refractivity contribution in [3.63, 3.8) is 0 Å². The van der Waals surface area contributed by atoms with E-state index in [9.17, 15) is 14.4 Å². The number of carbonyl (C=O) groups is 3. The van der Waals surface area contributed by atoms with Crippen molar-refractivity contribution in [3.8, 4) is 0 Å². The van der Waals surface area contributed by atoms with Gasteiger partial charge in [0.25, 0.3) is 5.91 Å². The molecule has 0 heterocycles. The Morgan fingerprint density at radius 1 is 1.17 bits per heavy atom. The predicted molar refractivity (Wildman–Crippen MR) is 85.3 cm³/mol. The second kappa shape index (κ2) is 6.81. The van der Waals surface area contributed by atoms with E-state index in [1.165, 1.54) is 18.2 Å². The summed E-state index contributed by atoms with van der Waals surface area (Å²) in [6.45, 7) is 0.278. The lowest BCUT2D eigenvalue weighted by Gasteiger charge is -2.30. The van der Waals surface area contributed by atoms with Gasteiger partial charge in [-0.15, -0.1) is 0 Å². The van der Waals surface area contributed by atoms with Crippen molar-refractivity contribution >= 4 is 17.8 Å². The number of nitrogens with zero attached hydrogens (tertiary/aromatic N) is 1. The van der Waals surface area contributed by atoms with E-state index >= 15 is 0 Å². The summed E-state index contributed by atoms with van der Waals surface area (Å²) in [5.41, 5.74) is -0.184. The molecule has 0 atom stereocenters. The van der Waals surface area contributed by atoms with Crippen LogP contribution < -0.4 is 5.32 Å². The number of benzene rings is 1. The van der Waals surface area contributed by atoms with E-state index in [2.05, 4.69) is 5.32 Å². The van der Waals surface area contributed by atoms with Crippen molar-refractivity contribution in [2.24, 2.45) is 5.41 Å². The number of hydrogen-bond acceptors (Lipinski definition) is 3. The fourth-order valence-electron chi connectivity index (χ4n) is 3.14. The van der Waals surface area contributed by atoms with Crippen LogP contribution in [-0.2, 0) is 4.79 Å². The molecule has 0 radical (unpaired) electrons. The lowest BCUT2D eigenvalue weighted by molar-refractivity contribution is -0.138. The molecule has 2 N–H and O–H groups in total. The topological polar surface area (TPSA) is 86.7 Å². The monoisotopic (exact) mass is 318 g/mol. The van der Waals surface area contributed by atoms with Gasteiger partial charge in [0.1, 0.15) is 0 Å². The van der Waals surface area contributed by atoms with Gasteiger partial charge in [-0.2, -0.15) is 0 Å². The number of nitrogens with one attached hydrogen (secondary N) is 1. The first-order valence-electron chi connectivity index (χ1n) is 7.69. The molecule has 2 rings (SSSR count). The summed E-state index contributed by atoms with van der Waals surface area (Å²) in [6.07, 6.45) is 3.48. The van der Waals surface area contributed by atoms with Crippen LogP contribution in [0.5, 0.6) is 0 Å². The van der Waals surface area contributed by atoms with Crippen LogP contribution >= 0.6 is 0 Å². The highest BCUT2D eigenvalue weighted by atomic mass is 16.4. The smallest absolute Gasteiger partial charge is 0.335 e. The molecule has 6 heteroatoms. The number of amides is 2. The molecular weight excluding hydrogens is 296 g/mol. The van der Waals surface area contributed by atoms with Crippen molar-refractivity contribution in [1.29, 1.82) is 0 Å². The minimum Gasteiger partial charge on any atom is -0.478 e. The maximum absolute atomic E-state index is 12.5. The van der Waals surface area contributed by atoms with Crippen LogP contribution in [0.4, 0.5) is 0 Å². The Balaban J connectivity index is 2.09. The third-order valence-corrected chi connectivity index (χ3v) is 4.38. The van der Waals surface area contributed by atoms with Crippen molar-refractivity contribution in [1.82, 2.24) is 10.2 Å². The minimum absolute atomic E-state index is 0.0367. The average molecular weight is 318 g/mol. The fourth-order valence-corrected chi connectivity index (χ4v) is 3.14. The van der Waals surface area contributed by atoms with Gasteiger partial charge >= 0.3 is 5.97 Å². The Morgan fingerprint density at radius 3 is 2.35 bits per heavy atom. The molecule has 1 fully saturated rings. The summed E-state index contributed by atoms with van der Waals surface area (Å²) in [5.74, 6) is -1.39. The molecule has 6 nitrogen and oxygen atoms in total. The van der Waals surface area contributed by atoms with Gasteiger partial charge in [-0.05, 0) is 31.0 Å². The third kappa shape index (κ3) is 3.70. The minimum atomic E-state index is -1.07. The summed E-state index contributed by atoms with van der Waals surface area (Å²) in [7, 11) is 3.45. The standard InChI is InChI=1S/C17H22N2O4/c1-19(2)16(23)17(8-3-4-9-17)11-18-14(20)12-6-5-7-13(10-12)15(21)22/h5-7,10H,3-4,8-9,11H2,1-2H3,(H,18,20)(H,21,22). The summed E-state index contributed by atoms with van der Waals surface area (Å²) in [6, 6.07) is 5.88. The Kier molecular flexibility index (Phi) is 5.03. The quantitative estimate of drug-likeness (QED) is 0.866. The molecule has 0 aliphatic heterocycles. The number of carboxylic acids is 1. The summed E-state index contributed by atoms with van der Waals surface area (Å²) < 4.78 is 0. The zero-order valence-electron chi connectivity index (χ0n) is 13.5. The maximum Gasteiger partial charge on any atom is 0.335 e. The summed E-state index contributed by atoms with van der Waals surface area (Å²) in [5, 5.41) is 11.8. The first kappa shape index (κ1) is 17.0. The number of hydrogen-bond donors (Lipinski definition) is 2. The van der Waals surface area contributed by atoms with Gasteiger partial charge < -0.3 is 15.3 Å². The first-order chi connectivity index (χ1) is 10.9. The molecule has 0 aromatic heterocycles. The second-order valence-corrected chi connectivity index (χ2v) is 6.26. The van der Waals surface area contributed by atoms with Crippen LogP contribution in [0.3, 0.4) is 0 Å². The molecule has 0 saturated heterocycles. The van der Waals surface area contributed by atoms with Crippen molar-refractivity contribution < 1.29 is 19.5 Å². The zero-order chi connectivity index (χ0) is 17.0. The third-order valence-electron chi connectivity index (χ3n) is 4.38. The van der Waals surface area contributed by atoms with E-state index in [1.807, 2.05) is 0 Å². The van der Waals surface area contributed by atoms with E-state index in [1.54, 1.807) is 25.1 Å². The second-order valence-electron chi connectivity index (χ2n) is 6.26. The van der Waals surface area contributed by atoms with Gasteiger partial charge in [0.05, 0.1) is 11.0 Å². The Morgan fingerprint density at radius 2 is 1.78 bits per heavy atom. The van der Waals surface area contributed by atoms with E-state index in [4.69, 9.17) is 5.11 Å². The molecule has 1 saturated carbocycles. The number of carbonyl (C=O) groups excluding carboxylic acids is 2. The van der Waals surface area contributed by atoms with E-state index in [-0.39, 0.29) is 29.5 Å². The Bertz CT molecular complexity index is 619. The van der Waals surface area contributed by atoms with Gasteiger partial charge in [-0.25, -0.2) is 4.79 Å². The van der Waals surface area contributed by atoms with Gasteiger partial charge in [0.2, 0.25) is 5.91 Å². The highest BCUT2D eigenvalue weighted by molar-refractivity contribution is 5.97. The number of aromatic carboxylic acids is 1. The number of carboxylic acid groups (broad SMARTS) is 1. The molecule has 2 amide bonds. The van der Waals surface area contributed by atoms with E-state index in [0.29, 0.717) is 0 Å². The molecule has 124 valence electrons. The predicted octanol–water partition coefficient (Wildman–Crippen LogP) is 1.76. The van der Waals surface area contributed by atoms with Crippen LogP contribution in [-0.4, -0.2) is 48.4 Å². The maximum atomic E-state index is 12.5. The van der Waals surface area contributed by atoms with Crippen LogP contribution in [0, 0.1) is 5.41 Å². The largest absolute Gasteiger partial charge is 0.478 e. The molecule has 1 aromatic carbocycles. The SMILES string of the molecule is CN(C)C(=O)C1(CNC(=O)c2cccc(C(=O)O)c2)CCCC1. The molecule has 23 heavy (non-hydrogen) atoms. The molecule has 0 unspecified atom stereocenters. The molecular formula is C17H22N2O4. The molecule has 0 bridgehead atoms. The van der Waals surface area contributed by atoms with Crippen LogP contribution in [0.2, 0.25) is 0 Å². The van der Waals surface area contributed by atoms with Crippen molar-refractivity contribution in [2.45, 2.75) is 25.7 Å². The molecule has 0 spiro atoms. The summed E-state index contributed by atoms with van der Waals surface area (Å²) >= 11 is 0. The van der Waals surface area contributed by atoms with E-state index < -0.39 is 11.4 Å². The van der Waals surface area contributed by atoms with Gasteiger partial charge in [-0.1, -0.05) is 18.9 Å². The Hall–Kier alpha value is -2.37. The molecule has 1 aliphatic carbocycles. The van der Waals surface area contributed by atoms with Gasteiger partial charge in [0.15, 0.2) is 0 Å². The van der Waals surface area contributed by atoms with Gasteiger partial charge in [0, 0.05) is 26.2 Å².